The van der Waals surface area contributed by atoms with E-state index in [1.165, 1.54) is 12.1 Å². The van der Waals surface area contributed by atoms with Gasteiger partial charge in [0.15, 0.2) is 0 Å². The number of hydrogen-bond acceptors (Lipinski definition) is 5. The van der Waals surface area contributed by atoms with Gasteiger partial charge in [-0.15, -0.1) is 0 Å². The van der Waals surface area contributed by atoms with Crippen molar-refractivity contribution in [3.05, 3.63) is 59.2 Å². The summed E-state index contributed by atoms with van der Waals surface area (Å²) in [5.41, 5.74) is 1.60. The highest BCUT2D eigenvalue weighted by Gasteiger charge is 2.37. The molecule has 8 nitrogen and oxygen atoms in total. The molecule has 0 bridgehead atoms. The Hall–Kier alpha value is -3.84. The number of carbonyl (C=O) groups is 3. The van der Waals surface area contributed by atoms with Gasteiger partial charge in [-0.1, -0.05) is 39.0 Å². The predicted molar refractivity (Wildman–Crippen MR) is 149 cm³/mol. The topological polar surface area (TPSA) is 114 Å². The molecular formula is C30H37F2N5O3. The van der Waals surface area contributed by atoms with Crippen molar-refractivity contribution < 1.29 is 23.2 Å². The van der Waals surface area contributed by atoms with Crippen LogP contribution >= 0.6 is 0 Å². The maximum Gasteiger partial charge on any atom is 0.265 e. The summed E-state index contributed by atoms with van der Waals surface area (Å²) in [5, 5.41) is 18.4. The highest BCUT2D eigenvalue weighted by Crippen LogP contribution is 2.30. The lowest BCUT2D eigenvalue weighted by molar-refractivity contribution is -0.123. The maximum atomic E-state index is 14.0. The highest BCUT2D eigenvalue weighted by molar-refractivity contribution is 6.01. The van der Waals surface area contributed by atoms with Crippen molar-refractivity contribution in [2.24, 2.45) is 5.92 Å². The Morgan fingerprint density at radius 3 is 2.48 bits per heavy atom. The summed E-state index contributed by atoms with van der Waals surface area (Å²) in [6.45, 7) is 6.57. The normalized spacial score (nSPS) is 15.3. The smallest absolute Gasteiger partial charge is 0.265 e. The molecule has 3 N–H and O–H groups in total. The van der Waals surface area contributed by atoms with Gasteiger partial charge in [0, 0.05) is 43.7 Å². The fourth-order valence-corrected chi connectivity index (χ4v) is 4.57. The van der Waals surface area contributed by atoms with Gasteiger partial charge >= 0.3 is 0 Å². The average molecular weight is 554 g/mol. The molecule has 1 heterocycles. The number of benzene rings is 2. The Morgan fingerprint density at radius 1 is 1.07 bits per heavy atom. The van der Waals surface area contributed by atoms with E-state index in [0.29, 0.717) is 42.1 Å². The van der Waals surface area contributed by atoms with E-state index < -0.39 is 30.3 Å². The van der Waals surface area contributed by atoms with E-state index in [2.05, 4.69) is 22.0 Å². The van der Waals surface area contributed by atoms with Crippen LogP contribution in [0.15, 0.2) is 42.5 Å². The van der Waals surface area contributed by atoms with Crippen molar-refractivity contribution in [2.75, 3.05) is 32.7 Å². The second-order valence-electron chi connectivity index (χ2n) is 10.5. The molecule has 1 aliphatic heterocycles. The van der Waals surface area contributed by atoms with Gasteiger partial charge in [0.1, 0.15) is 0 Å². The zero-order valence-electron chi connectivity index (χ0n) is 23.2. The molecule has 40 heavy (non-hydrogen) atoms. The molecule has 1 aliphatic rings. The summed E-state index contributed by atoms with van der Waals surface area (Å²) in [6.07, 6.45) is 0.496. The van der Waals surface area contributed by atoms with E-state index in [0.717, 1.165) is 4.90 Å². The van der Waals surface area contributed by atoms with Crippen molar-refractivity contribution in [2.45, 2.75) is 52.0 Å². The maximum absolute atomic E-state index is 14.0. The second kappa shape index (κ2) is 14.0. The molecule has 0 aromatic heterocycles. The molecule has 1 atom stereocenters. The quantitative estimate of drug-likeness (QED) is 0.365. The van der Waals surface area contributed by atoms with Crippen molar-refractivity contribution in [1.29, 1.82) is 5.26 Å². The van der Waals surface area contributed by atoms with Crippen LogP contribution in [0.5, 0.6) is 0 Å². The van der Waals surface area contributed by atoms with Crippen LogP contribution in [0, 0.1) is 17.2 Å². The molecule has 1 saturated heterocycles. The van der Waals surface area contributed by atoms with Crippen molar-refractivity contribution in [3.8, 4) is 17.2 Å². The monoisotopic (exact) mass is 553 g/mol. The summed E-state index contributed by atoms with van der Waals surface area (Å²) < 4.78 is 28.1. The molecule has 0 spiro atoms. The van der Waals surface area contributed by atoms with Gasteiger partial charge in [0.2, 0.25) is 5.91 Å². The number of nitriles is 1. The van der Waals surface area contributed by atoms with Gasteiger partial charge in [0.25, 0.3) is 17.7 Å². The van der Waals surface area contributed by atoms with Gasteiger partial charge in [0.05, 0.1) is 24.2 Å². The minimum Gasteiger partial charge on any atom is -0.354 e. The number of likely N-dealkylation sites (tertiary alicyclic amines) is 1. The predicted octanol–water partition coefficient (Wildman–Crippen LogP) is 3.97. The lowest BCUT2D eigenvalue weighted by atomic mass is 9.95. The van der Waals surface area contributed by atoms with E-state index in [1.807, 2.05) is 20.8 Å². The van der Waals surface area contributed by atoms with Crippen molar-refractivity contribution in [1.82, 2.24) is 20.9 Å². The van der Waals surface area contributed by atoms with Crippen molar-refractivity contribution in [3.63, 3.8) is 0 Å². The van der Waals surface area contributed by atoms with Crippen LogP contribution in [0.25, 0.3) is 11.1 Å². The third kappa shape index (κ3) is 8.33. The van der Waals surface area contributed by atoms with E-state index in [1.54, 1.807) is 30.3 Å². The third-order valence-corrected chi connectivity index (χ3v) is 6.69. The lowest BCUT2D eigenvalue weighted by Gasteiger charge is -2.32. The average Bonchev–Trinajstić information content (AvgIpc) is 2.94. The summed E-state index contributed by atoms with van der Waals surface area (Å²) in [6, 6.07) is 13.0. The van der Waals surface area contributed by atoms with Crippen LogP contribution in [-0.2, 0) is 4.79 Å². The highest BCUT2D eigenvalue weighted by atomic mass is 19.3. The zero-order chi connectivity index (χ0) is 29.3. The Labute approximate surface area is 234 Å². The molecule has 0 saturated carbocycles. The minimum absolute atomic E-state index is 0.0964. The minimum atomic E-state index is -2.96. The molecule has 1 fully saturated rings. The number of nitrogens with zero attached hydrogens (tertiary/aromatic N) is 2. The van der Waals surface area contributed by atoms with Crippen LogP contribution in [0.1, 0.15) is 66.3 Å². The molecule has 2 aromatic carbocycles. The fourth-order valence-electron chi connectivity index (χ4n) is 4.57. The summed E-state index contributed by atoms with van der Waals surface area (Å²) in [5.74, 6) is -3.79. The molecule has 214 valence electrons. The van der Waals surface area contributed by atoms with E-state index in [4.69, 9.17) is 0 Å². The Balaban J connectivity index is 1.78. The standard InChI is InChI=1S/C30H37F2N5O3/c1-4-26(28(39)36-18-20(2)3)34-11-12-35-27(38)23-14-22(25-9-6-5-8-21(25)17-33)15-24(16-23)29(40)37-13-7-10-30(31,32)19-37/h5-6,8-9,14-16,20,26,34H,4,7,10-13,18-19H2,1-3H3,(H,35,38)(H,36,39). The number of piperidine rings is 1. The summed E-state index contributed by atoms with van der Waals surface area (Å²) >= 11 is 0. The van der Waals surface area contributed by atoms with Crippen LogP contribution in [0.2, 0.25) is 0 Å². The van der Waals surface area contributed by atoms with Gasteiger partial charge in [-0.3, -0.25) is 14.4 Å². The fraction of sp³-hybridized carbons (Fsp3) is 0.467. The van der Waals surface area contributed by atoms with E-state index >= 15 is 0 Å². The first-order valence-corrected chi connectivity index (χ1v) is 13.7. The van der Waals surface area contributed by atoms with Gasteiger partial charge in [-0.25, -0.2) is 8.78 Å². The zero-order valence-corrected chi connectivity index (χ0v) is 23.2. The first kappa shape index (κ1) is 30.7. The van der Waals surface area contributed by atoms with Crippen molar-refractivity contribution >= 4 is 17.7 Å². The molecule has 0 radical (unpaired) electrons. The molecular weight excluding hydrogens is 516 g/mol. The number of carbonyl (C=O) groups excluding carboxylic acids is 3. The number of rotatable bonds is 11. The lowest BCUT2D eigenvalue weighted by Crippen LogP contribution is -2.47. The van der Waals surface area contributed by atoms with E-state index in [-0.39, 0.29) is 43.0 Å². The Kier molecular flexibility index (Phi) is 10.7. The largest absolute Gasteiger partial charge is 0.354 e. The molecule has 1 unspecified atom stereocenters. The summed E-state index contributed by atoms with van der Waals surface area (Å²) in [7, 11) is 0. The van der Waals surface area contributed by atoms with Gasteiger partial charge in [-0.05, 0) is 54.2 Å². The Bertz CT molecular complexity index is 1260. The number of hydrogen-bond donors (Lipinski definition) is 3. The second-order valence-corrected chi connectivity index (χ2v) is 10.5. The number of nitrogens with one attached hydrogen (secondary N) is 3. The number of amides is 3. The van der Waals surface area contributed by atoms with Crippen LogP contribution in [0.4, 0.5) is 8.78 Å². The SMILES string of the molecule is CCC(NCCNC(=O)c1cc(C(=O)N2CCCC(F)(F)C2)cc(-c2ccccc2C#N)c1)C(=O)NCC(C)C. The van der Waals surface area contributed by atoms with Gasteiger partial charge < -0.3 is 20.9 Å². The molecule has 3 amide bonds. The number of halogens is 2. The van der Waals surface area contributed by atoms with Crippen LogP contribution in [-0.4, -0.2) is 67.3 Å². The first-order valence-electron chi connectivity index (χ1n) is 13.7. The van der Waals surface area contributed by atoms with E-state index in [9.17, 15) is 28.4 Å². The summed E-state index contributed by atoms with van der Waals surface area (Å²) in [4.78, 5) is 39.9. The molecule has 2 aromatic rings. The molecule has 3 rings (SSSR count). The van der Waals surface area contributed by atoms with Crippen LogP contribution in [0.3, 0.4) is 0 Å². The molecule has 0 aliphatic carbocycles. The molecule has 10 heteroatoms. The third-order valence-electron chi connectivity index (χ3n) is 6.69. The van der Waals surface area contributed by atoms with Gasteiger partial charge in [-0.2, -0.15) is 5.26 Å². The number of alkyl halides is 2. The van der Waals surface area contributed by atoms with Crippen LogP contribution < -0.4 is 16.0 Å². The first-order chi connectivity index (χ1) is 19.0. The Morgan fingerprint density at radius 2 is 1.80 bits per heavy atom.